The molecule has 1 unspecified atom stereocenters. The number of ether oxygens (including phenoxy) is 1. The fourth-order valence-electron chi connectivity index (χ4n) is 8.60. The number of fused-ring (bicyclic) bond motifs is 3. The molecule has 3 aromatic heterocycles. The summed E-state index contributed by atoms with van der Waals surface area (Å²) >= 11 is 0. The summed E-state index contributed by atoms with van der Waals surface area (Å²) in [7, 11) is 0. The summed E-state index contributed by atoms with van der Waals surface area (Å²) in [6, 6.07) is 36.6. The van der Waals surface area contributed by atoms with Crippen LogP contribution in [0, 0.1) is 18.8 Å². The zero-order valence-electron chi connectivity index (χ0n) is 31.4. The fourth-order valence-corrected chi connectivity index (χ4v) is 8.60. The summed E-state index contributed by atoms with van der Waals surface area (Å²) in [5.41, 5.74) is 11.8. The van der Waals surface area contributed by atoms with E-state index in [2.05, 4.69) is 167 Å². The van der Waals surface area contributed by atoms with Crippen molar-refractivity contribution < 1.29 is 4.74 Å². The van der Waals surface area contributed by atoms with Crippen molar-refractivity contribution in [3.8, 4) is 34.3 Å². The SMILES string of the molecule is CCc1ccnc(-n2c3ccccc3c3ccc(Oc4cc(C(C)C)cc(-n5nc(C)c([C@H]6C(C)=C[C@H](C)CC6C)c5-c5ccccc5)c4)cc32)c1. The van der Waals surface area contributed by atoms with E-state index in [0.717, 1.165) is 51.8 Å². The fraction of sp³-hybridized carbons (Fsp3) is 0.277. The number of para-hydroxylation sites is 1. The third-order valence-electron chi connectivity index (χ3n) is 11.0. The molecule has 0 fully saturated rings. The number of hydrogen-bond acceptors (Lipinski definition) is 3. The first-order valence-electron chi connectivity index (χ1n) is 18.8. The van der Waals surface area contributed by atoms with E-state index < -0.39 is 0 Å². The van der Waals surface area contributed by atoms with Crippen molar-refractivity contribution in [2.24, 2.45) is 11.8 Å². The van der Waals surface area contributed by atoms with Crippen LogP contribution in [0.5, 0.6) is 11.5 Å². The van der Waals surface area contributed by atoms with Gasteiger partial charge in [0.25, 0.3) is 0 Å². The van der Waals surface area contributed by atoms with Crippen LogP contribution in [0.15, 0.2) is 121 Å². The van der Waals surface area contributed by atoms with E-state index in [4.69, 9.17) is 14.8 Å². The molecular formula is C47H48N4O. The molecule has 0 spiro atoms. The highest BCUT2D eigenvalue weighted by Crippen LogP contribution is 2.46. The first kappa shape index (κ1) is 33.7. The topological polar surface area (TPSA) is 44.9 Å². The summed E-state index contributed by atoms with van der Waals surface area (Å²) in [4.78, 5) is 4.82. The molecule has 8 rings (SSSR count). The van der Waals surface area contributed by atoms with Gasteiger partial charge in [0.2, 0.25) is 0 Å². The quantitative estimate of drug-likeness (QED) is 0.150. The minimum Gasteiger partial charge on any atom is -0.457 e. The Morgan fingerprint density at radius 3 is 2.35 bits per heavy atom. The van der Waals surface area contributed by atoms with E-state index in [1.807, 2.05) is 6.20 Å². The lowest BCUT2D eigenvalue weighted by atomic mass is 9.72. The second kappa shape index (κ2) is 13.6. The van der Waals surface area contributed by atoms with Gasteiger partial charge in [-0.3, -0.25) is 4.57 Å². The highest BCUT2D eigenvalue weighted by molar-refractivity contribution is 6.09. The maximum Gasteiger partial charge on any atom is 0.137 e. The molecule has 52 heavy (non-hydrogen) atoms. The number of hydrogen-bond donors (Lipinski definition) is 0. The van der Waals surface area contributed by atoms with Gasteiger partial charge in [0, 0.05) is 46.1 Å². The predicted molar refractivity (Wildman–Crippen MR) is 215 cm³/mol. The summed E-state index contributed by atoms with van der Waals surface area (Å²) in [5, 5.41) is 7.69. The van der Waals surface area contributed by atoms with Gasteiger partial charge in [-0.25, -0.2) is 9.67 Å². The van der Waals surface area contributed by atoms with Gasteiger partial charge in [0.15, 0.2) is 0 Å². The van der Waals surface area contributed by atoms with Crippen molar-refractivity contribution in [3.05, 3.63) is 143 Å². The Bertz CT molecular complexity index is 2450. The maximum absolute atomic E-state index is 6.83. The van der Waals surface area contributed by atoms with E-state index >= 15 is 0 Å². The first-order chi connectivity index (χ1) is 25.2. The Morgan fingerprint density at radius 1 is 0.808 bits per heavy atom. The van der Waals surface area contributed by atoms with Gasteiger partial charge >= 0.3 is 0 Å². The monoisotopic (exact) mass is 684 g/mol. The zero-order valence-corrected chi connectivity index (χ0v) is 31.4. The largest absolute Gasteiger partial charge is 0.457 e. The van der Waals surface area contributed by atoms with Crippen LogP contribution in [0.3, 0.4) is 0 Å². The summed E-state index contributed by atoms with van der Waals surface area (Å²) in [6.07, 6.45) is 6.50. The van der Waals surface area contributed by atoms with Crippen molar-refractivity contribution in [3.63, 3.8) is 0 Å². The standard InChI is InChI=1S/C47H48N4O/c1-8-34-20-21-48-44(24-34)50-42-17-13-12-16-40(42)41-19-18-38(28-43(41)50)52-39-26-36(29(2)3)25-37(27-39)51-47(35-14-10-9-11-15-35)46(33(7)49-51)45-31(5)22-30(4)23-32(45)6/h9-22,24-30,32,45H,8,23H2,1-7H3/t30-,32?,45-/m0/s1. The Kier molecular flexibility index (Phi) is 8.82. The molecule has 0 saturated carbocycles. The molecule has 1 aliphatic carbocycles. The number of nitrogens with zero attached hydrogens (tertiary/aromatic N) is 4. The Labute approximate surface area is 307 Å². The van der Waals surface area contributed by atoms with Crippen LogP contribution >= 0.6 is 0 Å². The Hall–Kier alpha value is -5.42. The Balaban J connectivity index is 1.27. The zero-order chi connectivity index (χ0) is 36.1. The van der Waals surface area contributed by atoms with Crippen LogP contribution in [0.2, 0.25) is 0 Å². The van der Waals surface area contributed by atoms with Gasteiger partial charge in [-0.1, -0.05) is 94.8 Å². The third kappa shape index (κ3) is 6.02. The smallest absolute Gasteiger partial charge is 0.137 e. The number of pyridine rings is 1. The van der Waals surface area contributed by atoms with E-state index in [1.54, 1.807) is 0 Å². The average Bonchev–Trinajstić information content (AvgIpc) is 3.65. The summed E-state index contributed by atoms with van der Waals surface area (Å²) < 4.78 is 11.3. The molecule has 7 aromatic rings. The van der Waals surface area contributed by atoms with Gasteiger partial charge in [-0.15, -0.1) is 0 Å². The van der Waals surface area contributed by atoms with E-state index in [9.17, 15) is 0 Å². The lowest BCUT2D eigenvalue weighted by molar-refractivity contribution is 0.391. The first-order valence-corrected chi connectivity index (χ1v) is 18.8. The number of allylic oxidation sites excluding steroid dienone is 2. The third-order valence-corrected chi connectivity index (χ3v) is 11.0. The minimum absolute atomic E-state index is 0.297. The lowest BCUT2D eigenvalue weighted by Gasteiger charge is -2.32. The molecule has 0 bridgehead atoms. The van der Waals surface area contributed by atoms with Gasteiger partial charge in [-0.2, -0.15) is 5.10 Å². The lowest BCUT2D eigenvalue weighted by Crippen LogP contribution is -2.20. The van der Waals surface area contributed by atoms with Crippen molar-refractivity contribution >= 4 is 21.8 Å². The van der Waals surface area contributed by atoms with E-state index in [-0.39, 0.29) is 0 Å². The highest BCUT2D eigenvalue weighted by atomic mass is 16.5. The molecule has 0 radical (unpaired) electrons. The van der Waals surface area contributed by atoms with Crippen LogP contribution in [0.1, 0.15) is 82.2 Å². The molecule has 4 aromatic carbocycles. The number of benzene rings is 4. The van der Waals surface area contributed by atoms with Gasteiger partial charge in [0.05, 0.1) is 28.1 Å². The summed E-state index contributed by atoms with van der Waals surface area (Å²) in [6.45, 7) is 15.9. The van der Waals surface area contributed by atoms with Crippen molar-refractivity contribution in [1.29, 1.82) is 0 Å². The van der Waals surface area contributed by atoms with Crippen LogP contribution in [-0.4, -0.2) is 19.3 Å². The molecule has 0 saturated heterocycles. The van der Waals surface area contributed by atoms with Crippen molar-refractivity contribution in [1.82, 2.24) is 19.3 Å². The van der Waals surface area contributed by atoms with Gasteiger partial charge in [-0.05, 0) is 98.0 Å². The molecule has 262 valence electrons. The van der Waals surface area contributed by atoms with E-state index in [1.165, 1.54) is 45.0 Å². The molecule has 1 aliphatic rings. The van der Waals surface area contributed by atoms with Crippen LogP contribution in [-0.2, 0) is 6.42 Å². The maximum atomic E-state index is 6.83. The second-order valence-corrected chi connectivity index (χ2v) is 15.1. The summed E-state index contributed by atoms with van der Waals surface area (Å²) in [5.74, 6) is 4.20. The molecule has 0 N–H and O–H groups in total. The molecule has 3 atom stereocenters. The predicted octanol–water partition coefficient (Wildman–Crippen LogP) is 12.5. The van der Waals surface area contributed by atoms with Crippen molar-refractivity contribution in [2.75, 3.05) is 0 Å². The molecule has 3 heterocycles. The average molecular weight is 685 g/mol. The van der Waals surface area contributed by atoms with E-state index in [0.29, 0.717) is 23.7 Å². The van der Waals surface area contributed by atoms with Crippen molar-refractivity contribution in [2.45, 2.75) is 73.1 Å². The molecule has 5 heteroatoms. The normalized spacial score (nSPS) is 17.6. The van der Waals surface area contributed by atoms with Gasteiger partial charge < -0.3 is 4.74 Å². The second-order valence-electron chi connectivity index (χ2n) is 15.1. The van der Waals surface area contributed by atoms with Crippen LogP contribution in [0.4, 0.5) is 0 Å². The number of aryl methyl sites for hydroxylation is 2. The minimum atomic E-state index is 0.297. The molecule has 5 nitrogen and oxygen atoms in total. The number of aromatic nitrogens is 4. The Morgan fingerprint density at radius 2 is 1.58 bits per heavy atom. The van der Waals surface area contributed by atoms with Gasteiger partial charge in [0.1, 0.15) is 17.3 Å². The molecular weight excluding hydrogens is 637 g/mol. The molecule has 0 aliphatic heterocycles. The highest BCUT2D eigenvalue weighted by Gasteiger charge is 2.33. The van der Waals surface area contributed by atoms with Crippen LogP contribution < -0.4 is 4.74 Å². The molecule has 0 amide bonds. The number of rotatable bonds is 8. The van der Waals surface area contributed by atoms with Crippen LogP contribution in [0.25, 0.3) is 44.6 Å².